The SMILES string of the molecule is Nc1cccc2c(NCC(F)(F)C(F)F)ccnc12. The minimum absolute atomic E-state index is 0.289. The number of pyridine rings is 1. The standard InChI is InChI=1S/C12H11F4N3/c13-11(14)12(15,16)6-19-9-4-5-18-10-7(9)2-1-3-8(10)17/h1-5,11H,6,17H2,(H,18,19). The van der Waals surface area contributed by atoms with E-state index < -0.39 is 18.9 Å². The van der Waals surface area contributed by atoms with Crippen molar-refractivity contribution in [3.05, 3.63) is 30.5 Å². The molecule has 3 nitrogen and oxygen atoms in total. The molecule has 1 aromatic heterocycles. The van der Waals surface area contributed by atoms with Crippen molar-refractivity contribution in [2.24, 2.45) is 0 Å². The van der Waals surface area contributed by atoms with E-state index in [9.17, 15) is 17.6 Å². The summed E-state index contributed by atoms with van der Waals surface area (Å²) in [6.45, 7) is -1.15. The molecule has 7 heteroatoms. The third-order valence-electron chi connectivity index (χ3n) is 2.64. The second-order valence-corrected chi connectivity index (χ2v) is 4.02. The van der Waals surface area contributed by atoms with Crippen molar-refractivity contribution in [3.63, 3.8) is 0 Å². The third-order valence-corrected chi connectivity index (χ3v) is 2.64. The highest BCUT2D eigenvalue weighted by Crippen LogP contribution is 2.28. The van der Waals surface area contributed by atoms with E-state index in [1.54, 1.807) is 18.2 Å². The van der Waals surface area contributed by atoms with E-state index >= 15 is 0 Å². The molecule has 0 saturated carbocycles. The maximum atomic E-state index is 12.9. The monoisotopic (exact) mass is 273 g/mol. The molecule has 0 saturated heterocycles. The number of anilines is 2. The molecule has 0 radical (unpaired) electrons. The van der Waals surface area contributed by atoms with Crippen LogP contribution in [0.5, 0.6) is 0 Å². The van der Waals surface area contributed by atoms with Crippen molar-refractivity contribution in [2.45, 2.75) is 12.3 Å². The van der Waals surface area contributed by atoms with Crippen LogP contribution in [0.15, 0.2) is 30.5 Å². The maximum absolute atomic E-state index is 12.9. The fraction of sp³-hybridized carbons (Fsp3) is 0.250. The van der Waals surface area contributed by atoms with Gasteiger partial charge in [0.05, 0.1) is 17.7 Å². The van der Waals surface area contributed by atoms with Gasteiger partial charge in [0.1, 0.15) is 0 Å². The molecule has 0 aliphatic heterocycles. The Kier molecular flexibility index (Phi) is 3.46. The largest absolute Gasteiger partial charge is 0.397 e. The Bertz CT molecular complexity index is 586. The zero-order chi connectivity index (χ0) is 14.0. The number of nitrogen functional groups attached to an aromatic ring is 1. The van der Waals surface area contributed by atoms with Gasteiger partial charge in [0, 0.05) is 17.3 Å². The molecular formula is C12H11F4N3. The highest BCUT2D eigenvalue weighted by molar-refractivity contribution is 5.97. The average molecular weight is 273 g/mol. The summed E-state index contributed by atoms with van der Waals surface area (Å²) in [6.07, 6.45) is -2.33. The number of nitrogens with two attached hydrogens (primary N) is 1. The van der Waals surface area contributed by atoms with Crippen LogP contribution in [0.2, 0.25) is 0 Å². The topological polar surface area (TPSA) is 50.9 Å². The van der Waals surface area contributed by atoms with Crippen LogP contribution in [0.1, 0.15) is 0 Å². The lowest BCUT2D eigenvalue weighted by molar-refractivity contribution is -0.117. The normalized spacial score (nSPS) is 12.1. The molecule has 102 valence electrons. The van der Waals surface area contributed by atoms with Crippen LogP contribution in [-0.2, 0) is 0 Å². The molecule has 0 fully saturated rings. The van der Waals surface area contributed by atoms with Gasteiger partial charge in [-0.3, -0.25) is 4.98 Å². The van der Waals surface area contributed by atoms with E-state index in [0.717, 1.165) is 0 Å². The molecule has 0 aliphatic carbocycles. The number of hydrogen-bond donors (Lipinski definition) is 2. The second kappa shape index (κ2) is 4.91. The Labute approximate surface area is 106 Å². The number of benzene rings is 1. The molecule has 0 unspecified atom stereocenters. The summed E-state index contributed by atoms with van der Waals surface area (Å²) in [5.74, 6) is -4.09. The van der Waals surface area contributed by atoms with Crippen molar-refractivity contribution in [1.82, 2.24) is 4.98 Å². The molecule has 0 aliphatic rings. The van der Waals surface area contributed by atoms with Gasteiger partial charge in [0.25, 0.3) is 0 Å². The second-order valence-electron chi connectivity index (χ2n) is 4.02. The van der Waals surface area contributed by atoms with Gasteiger partial charge in [-0.05, 0) is 12.1 Å². The minimum atomic E-state index is -4.09. The van der Waals surface area contributed by atoms with E-state index in [1.807, 2.05) is 0 Å². The summed E-state index contributed by atoms with van der Waals surface area (Å²) < 4.78 is 49.9. The first-order valence-electron chi connectivity index (χ1n) is 5.45. The summed E-state index contributed by atoms with van der Waals surface area (Å²) >= 11 is 0. The smallest absolute Gasteiger partial charge is 0.324 e. The summed E-state index contributed by atoms with van der Waals surface area (Å²) in [6, 6.07) is 6.31. The van der Waals surface area contributed by atoms with Gasteiger partial charge in [0.15, 0.2) is 0 Å². The third kappa shape index (κ3) is 2.69. The van der Waals surface area contributed by atoms with Crippen molar-refractivity contribution < 1.29 is 17.6 Å². The van der Waals surface area contributed by atoms with Crippen LogP contribution >= 0.6 is 0 Å². The number of rotatable bonds is 4. The van der Waals surface area contributed by atoms with E-state index in [0.29, 0.717) is 16.6 Å². The molecule has 0 spiro atoms. The molecule has 2 rings (SSSR count). The lowest BCUT2D eigenvalue weighted by atomic mass is 10.1. The summed E-state index contributed by atoms with van der Waals surface area (Å²) in [5.41, 5.74) is 6.81. The van der Waals surface area contributed by atoms with Crippen LogP contribution in [0.3, 0.4) is 0 Å². The molecule has 3 N–H and O–H groups in total. The molecular weight excluding hydrogens is 262 g/mol. The van der Waals surface area contributed by atoms with Gasteiger partial charge in [-0.2, -0.15) is 8.78 Å². The highest BCUT2D eigenvalue weighted by atomic mass is 19.3. The Hall–Kier alpha value is -2.05. The minimum Gasteiger partial charge on any atom is -0.397 e. The maximum Gasteiger partial charge on any atom is 0.324 e. The molecule has 0 bridgehead atoms. The van der Waals surface area contributed by atoms with Crippen molar-refractivity contribution >= 4 is 22.3 Å². The van der Waals surface area contributed by atoms with E-state index in [4.69, 9.17) is 5.73 Å². The van der Waals surface area contributed by atoms with Crippen LogP contribution in [-0.4, -0.2) is 23.9 Å². The number of hydrogen-bond acceptors (Lipinski definition) is 3. The van der Waals surface area contributed by atoms with Gasteiger partial charge >= 0.3 is 12.3 Å². The number of fused-ring (bicyclic) bond motifs is 1. The molecule has 2 aromatic rings. The van der Waals surface area contributed by atoms with Crippen LogP contribution < -0.4 is 11.1 Å². The van der Waals surface area contributed by atoms with E-state index in [-0.39, 0.29) is 5.69 Å². The van der Waals surface area contributed by atoms with Gasteiger partial charge in [-0.15, -0.1) is 0 Å². The number of aromatic nitrogens is 1. The average Bonchev–Trinajstić information content (AvgIpc) is 2.37. The van der Waals surface area contributed by atoms with Crippen molar-refractivity contribution in [2.75, 3.05) is 17.6 Å². The van der Waals surface area contributed by atoms with Gasteiger partial charge < -0.3 is 11.1 Å². The lowest BCUT2D eigenvalue weighted by Gasteiger charge is -2.17. The van der Waals surface area contributed by atoms with Gasteiger partial charge in [-0.25, -0.2) is 8.78 Å². The highest BCUT2D eigenvalue weighted by Gasteiger charge is 2.40. The predicted molar refractivity (Wildman–Crippen MR) is 65.6 cm³/mol. The molecule has 1 aromatic carbocycles. The first kappa shape index (κ1) is 13.4. The van der Waals surface area contributed by atoms with Crippen molar-refractivity contribution in [1.29, 1.82) is 0 Å². The summed E-state index contributed by atoms with van der Waals surface area (Å²) in [7, 11) is 0. The predicted octanol–water partition coefficient (Wildman–Crippen LogP) is 3.13. The van der Waals surface area contributed by atoms with Crippen molar-refractivity contribution in [3.8, 4) is 0 Å². The number of para-hydroxylation sites is 1. The Morgan fingerprint density at radius 1 is 1.26 bits per heavy atom. The first-order valence-corrected chi connectivity index (χ1v) is 5.45. The number of nitrogens with zero attached hydrogens (tertiary/aromatic N) is 1. The number of alkyl halides is 4. The lowest BCUT2D eigenvalue weighted by Crippen LogP contribution is -2.34. The van der Waals surface area contributed by atoms with Gasteiger partial charge in [-0.1, -0.05) is 12.1 Å². The van der Waals surface area contributed by atoms with E-state index in [1.165, 1.54) is 12.3 Å². The van der Waals surface area contributed by atoms with Crippen LogP contribution in [0, 0.1) is 0 Å². The Morgan fingerprint density at radius 3 is 2.68 bits per heavy atom. The van der Waals surface area contributed by atoms with Gasteiger partial charge in [0.2, 0.25) is 0 Å². The number of halogens is 4. The zero-order valence-corrected chi connectivity index (χ0v) is 9.71. The van der Waals surface area contributed by atoms with E-state index in [2.05, 4.69) is 10.3 Å². The number of nitrogens with one attached hydrogen (secondary N) is 1. The molecule has 0 atom stereocenters. The zero-order valence-electron chi connectivity index (χ0n) is 9.71. The van der Waals surface area contributed by atoms with Crippen LogP contribution in [0.4, 0.5) is 28.9 Å². The quantitative estimate of drug-likeness (QED) is 0.664. The molecule has 0 amide bonds. The fourth-order valence-corrected chi connectivity index (χ4v) is 1.64. The Balaban J connectivity index is 2.29. The summed E-state index contributed by atoms with van der Waals surface area (Å²) in [4.78, 5) is 4.02. The summed E-state index contributed by atoms with van der Waals surface area (Å²) in [5, 5.41) is 2.82. The first-order chi connectivity index (χ1) is 8.92. The Morgan fingerprint density at radius 2 is 2.00 bits per heavy atom. The fourth-order valence-electron chi connectivity index (χ4n) is 1.64. The molecule has 1 heterocycles. The van der Waals surface area contributed by atoms with Crippen LogP contribution in [0.25, 0.3) is 10.9 Å². The molecule has 19 heavy (non-hydrogen) atoms.